The van der Waals surface area contributed by atoms with Gasteiger partial charge in [-0.3, -0.25) is 4.79 Å². The van der Waals surface area contributed by atoms with Gasteiger partial charge in [-0.1, -0.05) is 50.2 Å². The van der Waals surface area contributed by atoms with Gasteiger partial charge in [-0.05, 0) is 29.3 Å². The maximum Gasteiger partial charge on any atom is 0.250 e. The van der Waals surface area contributed by atoms with Gasteiger partial charge in [-0.25, -0.2) is 8.42 Å². The largest absolute Gasteiger partial charge is 0.354 e. The summed E-state index contributed by atoms with van der Waals surface area (Å²) in [4.78, 5) is 12.4. The van der Waals surface area contributed by atoms with E-state index in [0.29, 0.717) is 13.0 Å². The first-order chi connectivity index (χ1) is 11.4. The molecule has 1 amide bonds. The Bertz CT molecular complexity index is 741. The molecule has 1 aromatic heterocycles. The average Bonchev–Trinajstić information content (AvgIpc) is 3.09. The number of amides is 1. The summed E-state index contributed by atoms with van der Waals surface area (Å²) in [6.45, 7) is 4.10. The van der Waals surface area contributed by atoms with Crippen LogP contribution >= 0.6 is 11.3 Å². The lowest BCUT2D eigenvalue weighted by atomic mass is 10.0. The van der Waals surface area contributed by atoms with Crippen LogP contribution in [-0.4, -0.2) is 26.9 Å². The maximum absolute atomic E-state index is 12.4. The molecule has 0 aliphatic rings. The minimum atomic E-state index is -3.68. The van der Waals surface area contributed by atoms with Crippen LogP contribution in [0.4, 0.5) is 0 Å². The van der Waals surface area contributed by atoms with Crippen molar-refractivity contribution in [1.82, 2.24) is 10.0 Å². The Hall–Kier alpha value is -1.70. The van der Waals surface area contributed by atoms with E-state index in [9.17, 15) is 13.2 Å². The predicted octanol–water partition coefficient (Wildman–Crippen LogP) is 2.41. The molecule has 1 aromatic carbocycles. The minimum Gasteiger partial charge on any atom is -0.354 e. The van der Waals surface area contributed by atoms with Gasteiger partial charge in [0.05, 0.1) is 0 Å². The number of hydrogen-bond acceptors (Lipinski definition) is 4. The van der Waals surface area contributed by atoms with Crippen molar-refractivity contribution >= 4 is 27.3 Å². The second-order valence-electron chi connectivity index (χ2n) is 5.80. The molecule has 0 saturated carbocycles. The number of hydrogen-bond donors (Lipinski definition) is 2. The first kappa shape index (κ1) is 18.6. The summed E-state index contributed by atoms with van der Waals surface area (Å²) < 4.78 is 27.4. The monoisotopic (exact) mass is 366 g/mol. The highest BCUT2D eigenvalue weighted by atomic mass is 32.2. The van der Waals surface area contributed by atoms with Gasteiger partial charge in [0.2, 0.25) is 5.91 Å². The molecule has 1 atom stereocenters. The molecule has 1 unspecified atom stereocenters. The SMILES string of the molecule is CC(C)C(NS(=O)(=O)c1cccs1)C(=O)NCCc1ccccc1. The molecule has 2 N–H and O–H groups in total. The zero-order valence-electron chi connectivity index (χ0n) is 13.7. The zero-order valence-corrected chi connectivity index (χ0v) is 15.4. The summed E-state index contributed by atoms with van der Waals surface area (Å²) in [5.74, 6) is -0.461. The molecule has 2 rings (SSSR count). The van der Waals surface area contributed by atoms with Crippen molar-refractivity contribution < 1.29 is 13.2 Å². The number of benzene rings is 1. The second kappa shape index (κ2) is 8.41. The van der Waals surface area contributed by atoms with Crippen LogP contribution < -0.4 is 10.0 Å². The van der Waals surface area contributed by atoms with E-state index in [0.717, 1.165) is 16.9 Å². The number of carbonyl (C=O) groups is 1. The fourth-order valence-corrected chi connectivity index (χ4v) is 4.57. The third-order valence-electron chi connectivity index (χ3n) is 3.55. The molecular formula is C17H22N2O3S2. The lowest BCUT2D eigenvalue weighted by molar-refractivity contribution is -0.123. The van der Waals surface area contributed by atoms with Crippen molar-refractivity contribution in [2.24, 2.45) is 5.92 Å². The van der Waals surface area contributed by atoms with E-state index < -0.39 is 16.1 Å². The van der Waals surface area contributed by atoms with Crippen LogP contribution in [-0.2, 0) is 21.2 Å². The molecule has 1 heterocycles. The Morgan fingerprint density at radius 3 is 2.42 bits per heavy atom. The first-order valence-corrected chi connectivity index (χ1v) is 10.1. The Balaban J connectivity index is 1.95. The smallest absolute Gasteiger partial charge is 0.250 e. The Morgan fingerprint density at radius 1 is 1.12 bits per heavy atom. The second-order valence-corrected chi connectivity index (χ2v) is 8.69. The summed E-state index contributed by atoms with van der Waals surface area (Å²) in [6.07, 6.45) is 0.703. The summed E-state index contributed by atoms with van der Waals surface area (Å²) in [6, 6.07) is 12.2. The van der Waals surface area contributed by atoms with E-state index in [4.69, 9.17) is 0 Å². The third kappa shape index (κ3) is 5.15. The zero-order chi connectivity index (χ0) is 17.6. The van der Waals surface area contributed by atoms with E-state index in [2.05, 4.69) is 10.0 Å². The maximum atomic E-state index is 12.4. The minimum absolute atomic E-state index is 0.156. The molecule has 7 heteroatoms. The summed E-state index contributed by atoms with van der Waals surface area (Å²) >= 11 is 1.13. The van der Waals surface area contributed by atoms with Crippen LogP contribution in [0.1, 0.15) is 19.4 Å². The quantitative estimate of drug-likeness (QED) is 0.753. The molecule has 0 fully saturated rings. The van der Waals surface area contributed by atoms with E-state index in [1.165, 1.54) is 6.07 Å². The Morgan fingerprint density at radius 2 is 1.83 bits per heavy atom. The fraction of sp³-hybridized carbons (Fsp3) is 0.353. The lowest BCUT2D eigenvalue weighted by Gasteiger charge is -2.21. The van der Waals surface area contributed by atoms with Gasteiger partial charge < -0.3 is 5.32 Å². The Labute approximate surface area is 147 Å². The summed E-state index contributed by atoms with van der Waals surface area (Å²) in [5.41, 5.74) is 1.12. The van der Waals surface area contributed by atoms with E-state index in [-0.39, 0.29) is 16.0 Å². The number of rotatable bonds is 8. The molecular weight excluding hydrogens is 344 g/mol. The van der Waals surface area contributed by atoms with Crippen LogP contribution in [0.5, 0.6) is 0 Å². The number of sulfonamides is 1. The molecule has 130 valence electrons. The topological polar surface area (TPSA) is 75.3 Å². The van der Waals surface area contributed by atoms with Crippen molar-refractivity contribution in [1.29, 1.82) is 0 Å². The lowest BCUT2D eigenvalue weighted by Crippen LogP contribution is -2.49. The van der Waals surface area contributed by atoms with Crippen molar-refractivity contribution in [3.8, 4) is 0 Å². The Kier molecular flexibility index (Phi) is 6.53. The van der Waals surface area contributed by atoms with Crippen LogP contribution in [0.3, 0.4) is 0 Å². The van der Waals surface area contributed by atoms with Gasteiger partial charge in [0, 0.05) is 6.54 Å². The van der Waals surface area contributed by atoms with Crippen molar-refractivity contribution in [3.05, 3.63) is 53.4 Å². The highest BCUT2D eigenvalue weighted by Gasteiger charge is 2.28. The number of carbonyl (C=O) groups excluding carboxylic acids is 1. The predicted molar refractivity (Wildman–Crippen MR) is 96.4 cm³/mol. The molecule has 24 heavy (non-hydrogen) atoms. The van der Waals surface area contributed by atoms with Crippen molar-refractivity contribution in [2.75, 3.05) is 6.54 Å². The molecule has 0 saturated heterocycles. The molecule has 2 aromatic rings. The number of nitrogens with one attached hydrogen (secondary N) is 2. The van der Waals surface area contributed by atoms with Gasteiger partial charge in [-0.2, -0.15) is 4.72 Å². The first-order valence-electron chi connectivity index (χ1n) is 7.77. The van der Waals surface area contributed by atoms with Crippen LogP contribution in [0, 0.1) is 5.92 Å². The average molecular weight is 367 g/mol. The molecule has 5 nitrogen and oxygen atoms in total. The number of thiophene rings is 1. The van der Waals surface area contributed by atoms with E-state index >= 15 is 0 Å². The molecule has 0 aliphatic carbocycles. The van der Waals surface area contributed by atoms with Crippen LogP contribution in [0.15, 0.2) is 52.1 Å². The normalized spacial score (nSPS) is 13.0. The van der Waals surface area contributed by atoms with Crippen LogP contribution in [0.25, 0.3) is 0 Å². The third-order valence-corrected chi connectivity index (χ3v) is 6.39. The highest BCUT2D eigenvalue weighted by Crippen LogP contribution is 2.17. The van der Waals surface area contributed by atoms with Gasteiger partial charge >= 0.3 is 0 Å². The van der Waals surface area contributed by atoms with Crippen LogP contribution in [0.2, 0.25) is 0 Å². The fourth-order valence-electron chi connectivity index (χ4n) is 2.22. The summed E-state index contributed by atoms with van der Waals surface area (Å²) in [5, 5.41) is 4.51. The molecule has 0 radical (unpaired) electrons. The van der Waals surface area contributed by atoms with Gasteiger partial charge in [0.1, 0.15) is 10.3 Å². The molecule has 0 spiro atoms. The van der Waals surface area contributed by atoms with Crippen molar-refractivity contribution in [2.45, 2.75) is 30.5 Å². The highest BCUT2D eigenvalue weighted by molar-refractivity contribution is 7.91. The van der Waals surface area contributed by atoms with E-state index in [1.807, 2.05) is 44.2 Å². The van der Waals surface area contributed by atoms with Gasteiger partial charge in [0.25, 0.3) is 10.0 Å². The van der Waals surface area contributed by atoms with Gasteiger partial charge in [-0.15, -0.1) is 11.3 Å². The standard InChI is InChI=1S/C17H22N2O3S2/c1-13(2)16(19-24(21,22)15-9-6-12-23-15)17(20)18-11-10-14-7-4-3-5-8-14/h3-9,12-13,16,19H,10-11H2,1-2H3,(H,18,20). The molecule has 0 aliphatic heterocycles. The van der Waals surface area contributed by atoms with Crippen molar-refractivity contribution in [3.63, 3.8) is 0 Å². The van der Waals surface area contributed by atoms with E-state index in [1.54, 1.807) is 11.4 Å². The van der Waals surface area contributed by atoms with Gasteiger partial charge in [0.15, 0.2) is 0 Å². The molecule has 0 bridgehead atoms. The summed E-state index contributed by atoms with van der Waals surface area (Å²) in [7, 11) is -3.68.